The van der Waals surface area contributed by atoms with Crippen LogP contribution in [0.5, 0.6) is 0 Å². The minimum atomic E-state index is -0.296. The van der Waals surface area contributed by atoms with Gasteiger partial charge < -0.3 is 14.7 Å². The summed E-state index contributed by atoms with van der Waals surface area (Å²) in [4.78, 5) is 19.5. The number of H-pyrrole nitrogens is 2. The number of hydrogen-bond donors (Lipinski definition) is 2. The van der Waals surface area contributed by atoms with Gasteiger partial charge >= 0.3 is 5.69 Å². The van der Waals surface area contributed by atoms with E-state index in [9.17, 15) is 9.18 Å². The van der Waals surface area contributed by atoms with Gasteiger partial charge in [-0.25, -0.2) is 13.9 Å². The number of imidazole rings is 1. The van der Waals surface area contributed by atoms with Crippen molar-refractivity contribution in [1.29, 1.82) is 0 Å². The Balaban J connectivity index is 1.33. The molecule has 1 aliphatic rings. The van der Waals surface area contributed by atoms with Gasteiger partial charge in [-0.3, -0.25) is 4.90 Å². The van der Waals surface area contributed by atoms with Crippen LogP contribution in [0.25, 0.3) is 28.0 Å². The van der Waals surface area contributed by atoms with Crippen molar-refractivity contribution in [2.75, 3.05) is 13.1 Å². The molecule has 188 valence electrons. The number of rotatable bonds is 6. The Morgan fingerprint density at radius 1 is 1.05 bits per heavy atom. The zero-order chi connectivity index (χ0) is 25.5. The molecule has 6 rings (SSSR count). The second kappa shape index (κ2) is 9.74. The van der Waals surface area contributed by atoms with Crippen molar-refractivity contribution >= 4 is 27.0 Å². The molecule has 2 aromatic heterocycles. The summed E-state index contributed by atoms with van der Waals surface area (Å²) in [5.74, 6) is -0.286. The lowest BCUT2D eigenvalue weighted by Gasteiger charge is -2.23. The van der Waals surface area contributed by atoms with E-state index in [1.54, 1.807) is 12.1 Å². The molecule has 1 fully saturated rings. The summed E-state index contributed by atoms with van der Waals surface area (Å²) in [6.07, 6.45) is 2.55. The highest BCUT2D eigenvalue weighted by Gasteiger charge is 2.34. The lowest BCUT2D eigenvalue weighted by atomic mass is 10.1. The SMILES string of the molecule is C[C@H]1CN(CCc2ccc3[nH]c(=O)[nH]c3c2)[C@H](c2cn(-c3ccc(Br)cc3)nc2-c2ccc(F)cc2)O1. The third-order valence-electron chi connectivity index (χ3n) is 6.67. The minimum absolute atomic E-state index is 0.0469. The maximum atomic E-state index is 13.7. The van der Waals surface area contributed by atoms with Gasteiger partial charge in [0.05, 0.1) is 28.5 Å². The van der Waals surface area contributed by atoms with Crippen LogP contribution in [0.3, 0.4) is 0 Å². The zero-order valence-corrected chi connectivity index (χ0v) is 21.7. The van der Waals surface area contributed by atoms with Gasteiger partial charge in [-0.05, 0) is 79.6 Å². The fourth-order valence-corrected chi connectivity index (χ4v) is 5.15. The molecule has 0 radical (unpaired) electrons. The molecule has 2 atom stereocenters. The summed E-state index contributed by atoms with van der Waals surface area (Å²) in [6.45, 7) is 3.61. The molecule has 7 nitrogen and oxygen atoms in total. The minimum Gasteiger partial charge on any atom is -0.354 e. The van der Waals surface area contributed by atoms with Crippen LogP contribution in [0, 0.1) is 5.82 Å². The fourth-order valence-electron chi connectivity index (χ4n) is 4.89. The lowest BCUT2D eigenvalue weighted by molar-refractivity contribution is 0.00522. The van der Waals surface area contributed by atoms with Gasteiger partial charge in [-0.15, -0.1) is 0 Å². The largest absolute Gasteiger partial charge is 0.354 e. The van der Waals surface area contributed by atoms with Gasteiger partial charge in [0.15, 0.2) is 0 Å². The van der Waals surface area contributed by atoms with E-state index in [-0.39, 0.29) is 23.8 Å². The van der Waals surface area contributed by atoms with E-state index in [0.717, 1.165) is 63.1 Å². The van der Waals surface area contributed by atoms with Crippen molar-refractivity contribution in [2.24, 2.45) is 0 Å². The van der Waals surface area contributed by atoms with Crippen LogP contribution in [-0.4, -0.2) is 43.8 Å². The standard InChI is InChI=1S/C28H25BrFN5O2/c1-17-15-34(13-12-18-2-11-24-25(14-18)32-28(36)31-24)27(37-17)23-16-35(22-9-5-20(29)6-10-22)33-26(23)19-3-7-21(30)8-4-19/h2-11,14,16-17,27H,12-13,15H2,1H3,(H2,31,32,36)/t17-,27-/m0/s1. The van der Waals surface area contributed by atoms with Crippen molar-refractivity contribution in [1.82, 2.24) is 24.6 Å². The molecule has 0 aliphatic carbocycles. The first kappa shape index (κ1) is 23.8. The van der Waals surface area contributed by atoms with Crippen LogP contribution in [0.15, 0.2) is 82.2 Å². The number of aromatic amines is 2. The molecule has 0 bridgehead atoms. The highest BCUT2D eigenvalue weighted by molar-refractivity contribution is 9.10. The van der Waals surface area contributed by atoms with E-state index in [2.05, 4.69) is 37.7 Å². The summed E-state index contributed by atoms with van der Waals surface area (Å²) in [7, 11) is 0. The third-order valence-corrected chi connectivity index (χ3v) is 7.20. The number of ether oxygens (including phenoxy) is 1. The molecule has 37 heavy (non-hydrogen) atoms. The van der Waals surface area contributed by atoms with Gasteiger partial charge in [0.25, 0.3) is 0 Å². The number of benzene rings is 3. The van der Waals surface area contributed by atoms with Crippen LogP contribution >= 0.6 is 15.9 Å². The molecule has 0 unspecified atom stereocenters. The smallest absolute Gasteiger partial charge is 0.323 e. The summed E-state index contributed by atoms with van der Waals surface area (Å²) >= 11 is 3.49. The molecule has 0 spiro atoms. The molecular weight excluding hydrogens is 537 g/mol. The van der Waals surface area contributed by atoms with Crippen molar-refractivity contribution in [3.05, 3.63) is 105 Å². The Bertz CT molecular complexity index is 1610. The first-order chi connectivity index (χ1) is 17.9. The molecule has 0 amide bonds. The number of hydrogen-bond acceptors (Lipinski definition) is 4. The topological polar surface area (TPSA) is 78.9 Å². The molecule has 1 aliphatic heterocycles. The van der Waals surface area contributed by atoms with Gasteiger partial charge in [-0.2, -0.15) is 5.10 Å². The first-order valence-corrected chi connectivity index (χ1v) is 12.9. The van der Waals surface area contributed by atoms with E-state index in [0.29, 0.717) is 0 Å². The highest BCUT2D eigenvalue weighted by Crippen LogP contribution is 2.37. The van der Waals surface area contributed by atoms with Gasteiger partial charge in [0.1, 0.15) is 12.0 Å². The molecule has 3 heterocycles. The average Bonchev–Trinajstić information content (AvgIpc) is 3.59. The maximum Gasteiger partial charge on any atom is 0.323 e. The number of halogens is 2. The van der Waals surface area contributed by atoms with E-state index in [4.69, 9.17) is 9.84 Å². The number of fused-ring (bicyclic) bond motifs is 1. The van der Waals surface area contributed by atoms with Crippen LogP contribution in [0.2, 0.25) is 0 Å². The second-order valence-electron chi connectivity index (χ2n) is 9.36. The Kier molecular flexibility index (Phi) is 6.27. The number of nitrogens with one attached hydrogen (secondary N) is 2. The second-order valence-corrected chi connectivity index (χ2v) is 10.3. The van der Waals surface area contributed by atoms with E-state index in [1.165, 1.54) is 12.1 Å². The zero-order valence-electron chi connectivity index (χ0n) is 20.1. The number of aromatic nitrogens is 4. The highest BCUT2D eigenvalue weighted by atomic mass is 79.9. The van der Waals surface area contributed by atoms with Crippen molar-refractivity contribution in [3.8, 4) is 16.9 Å². The molecule has 1 saturated heterocycles. The molecule has 5 aromatic rings. The quantitative estimate of drug-likeness (QED) is 0.284. The molecule has 0 saturated carbocycles. The van der Waals surface area contributed by atoms with E-state index >= 15 is 0 Å². The first-order valence-electron chi connectivity index (χ1n) is 12.1. The lowest BCUT2D eigenvalue weighted by Crippen LogP contribution is -2.27. The van der Waals surface area contributed by atoms with E-state index < -0.39 is 0 Å². The molecule has 3 aromatic carbocycles. The predicted octanol–water partition coefficient (Wildman–Crippen LogP) is 5.57. The Morgan fingerprint density at radius 3 is 2.59 bits per heavy atom. The van der Waals surface area contributed by atoms with Crippen molar-refractivity contribution in [3.63, 3.8) is 0 Å². The summed E-state index contributed by atoms with van der Waals surface area (Å²) in [5, 5.41) is 4.90. The summed E-state index contributed by atoms with van der Waals surface area (Å²) < 4.78 is 23.0. The van der Waals surface area contributed by atoms with Gasteiger partial charge in [0.2, 0.25) is 0 Å². The number of nitrogens with zero attached hydrogens (tertiary/aromatic N) is 3. The van der Waals surface area contributed by atoms with Crippen LogP contribution in [0.4, 0.5) is 4.39 Å². The fraction of sp³-hybridized carbons (Fsp3) is 0.214. The van der Waals surface area contributed by atoms with Crippen LogP contribution < -0.4 is 5.69 Å². The Morgan fingerprint density at radius 2 is 1.81 bits per heavy atom. The Hall–Kier alpha value is -3.53. The monoisotopic (exact) mass is 561 g/mol. The van der Waals surface area contributed by atoms with Crippen molar-refractivity contribution < 1.29 is 9.13 Å². The normalized spacial score (nSPS) is 18.1. The molecule has 2 N–H and O–H groups in total. The average molecular weight is 562 g/mol. The summed E-state index contributed by atoms with van der Waals surface area (Å²) in [6, 6.07) is 20.3. The summed E-state index contributed by atoms with van der Waals surface area (Å²) in [5.41, 5.74) is 5.98. The Labute approximate surface area is 221 Å². The van der Waals surface area contributed by atoms with Crippen LogP contribution in [0.1, 0.15) is 24.3 Å². The predicted molar refractivity (Wildman–Crippen MR) is 144 cm³/mol. The van der Waals surface area contributed by atoms with E-state index in [1.807, 2.05) is 53.3 Å². The maximum absolute atomic E-state index is 13.7. The van der Waals surface area contributed by atoms with Gasteiger partial charge in [0, 0.05) is 34.9 Å². The molecular formula is C28H25BrFN5O2. The van der Waals surface area contributed by atoms with Gasteiger partial charge in [-0.1, -0.05) is 22.0 Å². The van der Waals surface area contributed by atoms with Crippen LogP contribution in [-0.2, 0) is 11.2 Å². The van der Waals surface area contributed by atoms with Crippen molar-refractivity contribution in [2.45, 2.75) is 25.7 Å². The third kappa shape index (κ3) is 4.90. The molecule has 9 heteroatoms.